The third-order valence-electron chi connectivity index (χ3n) is 3.39. The molecule has 0 saturated carbocycles. The van der Waals surface area contributed by atoms with E-state index in [4.69, 9.17) is 23.2 Å². The number of halogens is 2. The van der Waals surface area contributed by atoms with Gasteiger partial charge in [-0.1, -0.05) is 36.2 Å². The third-order valence-corrected chi connectivity index (χ3v) is 4.13. The number of rotatable bonds is 2. The Kier molecular flexibility index (Phi) is 4.31. The van der Waals surface area contributed by atoms with E-state index in [-0.39, 0.29) is 6.10 Å². The highest BCUT2D eigenvalue weighted by molar-refractivity contribution is 6.42. The number of aliphatic hydroxyl groups excluding tert-OH is 1. The third kappa shape index (κ3) is 3.35. The highest BCUT2D eigenvalue weighted by Gasteiger charge is 2.24. The maximum Gasteiger partial charge on any atom is 0.0693 e. The van der Waals surface area contributed by atoms with Crippen molar-refractivity contribution in [3.8, 4) is 0 Å². The summed E-state index contributed by atoms with van der Waals surface area (Å²) in [6.45, 7) is 4.68. The fourth-order valence-corrected chi connectivity index (χ4v) is 2.47. The molecule has 0 amide bonds. The van der Waals surface area contributed by atoms with Crippen LogP contribution >= 0.6 is 23.2 Å². The molecule has 1 aliphatic heterocycles. The topological polar surface area (TPSA) is 23.5 Å². The highest BCUT2D eigenvalue weighted by Crippen LogP contribution is 2.24. The molecule has 1 aromatic carbocycles. The Morgan fingerprint density at radius 3 is 2.76 bits per heavy atom. The maximum absolute atomic E-state index is 9.84. The van der Waals surface area contributed by atoms with Crippen molar-refractivity contribution in [3.63, 3.8) is 0 Å². The molecule has 17 heavy (non-hydrogen) atoms. The average molecular weight is 274 g/mol. The van der Waals surface area contributed by atoms with E-state index in [1.54, 1.807) is 0 Å². The number of likely N-dealkylation sites (tertiary alicyclic amines) is 1. The SMILES string of the molecule is CC1CCN(Cc2ccc(Cl)c(Cl)c2)CC1O. The van der Waals surface area contributed by atoms with Crippen LogP contribution in [0.15, 0.2) is 18.2 Å². The first-order chi connectivity index (χ1) is 8.06. The van der Waals surface area contributed by atoms with Crippen LogP contribution in [0.4, 0.5) is 0 Å². The van der Waals surface area contributed by atoms with Gasteiger partial charge < -0.3 is 5.11 Å². The Balaban J connectivity index is 1.99. The Bertz CT molecular complexity index is 397. The van der Waals surface area contributed by atoms with Crippen molar-refractivity contribution in [1.82, 2.24) is 4.90 Å². The molecule has 0 aliphatic carbocycles. The summed E-state index contributed by atoms with van der Waals surface area (Å²) in [6.07, 6.45) is 0.828. The molecular formula is C13H17Cl2NO. The molecule has 4 heteroatoms. The van der Waals surface area contributed by atoms with E-state index in [9.17, 15) is 5.11 Å². The van der Waals surface area contributed by atoms with Gasteiger partial charge in [-0.3, -0.25) is 4.90 Å². The molecule has 0 spiro atoms. The summed E-state index contributed by atoms with van der Waals surface area (Å²) >= 11 is 11.9. The summed E-state index contributed by atoms with van der Waals surface area (Å²) in [7, 11) is 0. The van der Waals surface area contributed by atoms with E-state index in [0.717, 1.165) is 31.6 Å². The van der Waals surface area contributed by atoms with Gasteiger partial charge in [-0.15, -0.1) is 0 Å². The van der Waals surface area contributed by atoms with Gasteiger partial charge in [0.2, 0.25) is 0 Å². The fraction of sp³-hybridized carbons (Fsp3) is 0.538. The summed E-state index contributed by atoms with van der Waals surface area (Å²) in [5, 5.41) is 11.0. The predicted molar refractivity (Wildman–Crippen MR) is 71.5 cm³/mol. The monoisotopic (exact) mass is 273 g/mol. The van der Waals surface area contributed by atoms with Crippen LogP contribution in [0.25, 0.3) is 0 Å². The number of aliphatic hydroxyl groups is 1. The van der Waals surface area contributed by atoms with Crippen molar-refractivity contribution in [3.05, 3.63) is 33.8 Å². The molecule has 0 radical (unpaired) electrons. The van der Waals surface area contributed by atoms with Gasteiger partial charge in [0.1, 0.15) is 0 Å². The smallest absolute Gasteiger partial charge is 0.0693 e. The maximum atomic E-state index is 9.84. The standard InChI is InChI=1S/C13H17Cl2NO/c1-9-4-5-16(8-13(9)17)7-10-2-3-11(14)12(15)6-10/h2-3,6,9,13,17H,4-5,7-8H2,1H3. The summed E-state index contributed by atoms with van der Waals surface area (Å²) in [6, 6.07) is 5.70. The minimum Gasteiger partial charge on any atom is -0.392 e. The van der Waals surface area contributed by atoms with Crippen LogP contribution in [-0.2, 0) is 6.54 Å². The Morgan fingerprint density at radius 2 is 2.12 bits per heavy atom. The zero-order chi connectivity index (χ0) is 12.4. The van der Waals surface area contributed by atoms with Gasteiger partial charge in [0.25, 0.3) is 0 Å². The predicted octanol–water partition coefficient (Wildman–Crippen LogP) is 3.20. The number of nitrogens with zero attached hydrogens (tertiary/aromatic N) is 1. The second kappa shape index (κ2) is 5.57. The quantitative estimate of drug-likeness (QED) is 0.895. The Hall–Kier alpha value is -0.280. The molecule has 2 nitrogen and oxygen atoms in total. The minimum absolute atomic E-state index is 0.216. The lowest BCUT2D eigenvalue weighted by molar-refractivity contribution is 0.0259. The molecule has 2 rings (SSSR count). The zero-order valence-corrected chi connectivity index (χ0v) is 11.4. The molecule has 1 aromatic rings. The molecular weight excluding hydrogens is 257 g/mol. The van der Waals surface area contributed by atoms with Gasteiger partial charge in [-0.25, -0.2) is 0 Å². The van der Waals surface area contributed by atoms with Crippen molar-refractivity contribution in [2.75, 3.05) is 13.1 Å². The van der Waals surface area contributed by atoms with E-state index < -0.39 is 0 Å². The lowest BCUT2D eigenvalue weighted by Gasteiger charge is -2.34. The van der Waals surface area contributed by atoms with Crippen LogP contribution in [-0.4, -0.2) is 29.2 Å². The molecule has 1 fully saturated rings. The minimum atomic E-state index is -0.216. The molecule has 1 heterocycles. The Labute approximate surface area is 112 Å². The van der Waals surface area contributed by atoms with Crippen LogP contribution in [0.1, 0.15) is 18.9 Å². The van der Waals surface area contributed by atoms with Gasteiger partial charge in [-0.2, -0.15) is 0 Å². The largest absolute Gasteiger partial charge is 0.392 e. The first kappa shape index (κ1) is 13.2. The molecule has 0 aromatic heterocycles. The van der Waals surface area contributed by atoms with E-state index in [1.807, 2.05) is 18.2 Å². The summed E-state index contributed by atoms with van der Waals surface area (Å²) < 4.78 is 0. The highest BCUT2D eigenvalue weighted by atomic mass is 35.5. The van der Waals surface area contributed by atoms with E-state index in [1.165, 1.54) is 0 Å². The number of β-amino-alcohol motifs (C(OH)–C–C–N with tert-alkyl or cyclic N) is 1. The van der Waals surface area contributed by atoms with Crippen LogP contribution in [0.2, 0.25) is 10.0 Å². The van der Waals surface area contributed by atoms with Crippen LogP contribution in [0, 0.1) is 5.92 Å². The average Bonchev–Trinajstić information content (AvgIpc) is 2.29. The fourth-order valence-electron chi connectivity index (χ4n) is 2.15. The van der Waals surface area contributed by atoms with Crippen molar-refractivity contribution < 1.29 is 5.11 Å². The van der Waals surface area contributed by atoms with E-state index >= 15 is 0 Å². The second-order valence-corrected chi connectivity index (χ2v) is 5.63. The summed E-state index contributed by atoms with van der Waals surface area (Å²) in [4.78, 5) is 2.25. The summed E-state index contributed by atoms with van der Waals surface area (Å²) in [5.74, 6) is 0.403. The van der Waals surface area contributed by atoms with E-state index in [2.05, 4.69) is 11.8 Å². The lowest BCUT2D eigenvalue weighted by Crippen LogP contribution is -2.42. The molecule has 0 bridgehead atoms. The zero-order valence-electron chi connectivity index (χ0n) is 9.87. The molecule has 1 saturated heterocycles. The number of hydrogen-bond acceptors (Lipinski definition) is 2. The van der Waals surface area contributed by atoms with Crippen LogP contribution < -0.4 is 0 Å². The van der Waals surface area contributed by atoms with Gasteiger partial charge >= 0.3 is 0 Å². The van der Waals surface area contributed by atoms with Gasteiger partial charge in [0.15, 0.2) is 0 Å². The van der Waals surface area contributed by atoms with Gasteiger partial charge in [-0.05, 0) is 36.6 Å². The van der Waals surface area contributed by atoms with Gasteiger partial charge in [0, 0.05) is 13.1 Å². The van der Waals surface area contributed by atoms with Crippen molar-refractivity contribution in [1.29, 1.82) is 0 Å². The molecule has 1 aliphatic rings. The van der Waals surface area contributed by atoms with Crippen molar-refractivity contribution in [2.24, 2.45) is 5.92 Å². The Morgan fingerprint density at radius 1 is 1.35 bits per heavy atom. The first-order valence-corrected chi connectivity index (χ1v) is 6.66. The van der Waals surface area contributed by atoms with Crippen LogP contribution in [0.3, 0.4) is 0 Å². The van der Waals surface area contributed by atoms with Crippen LogP contribution in [0.5, 0.6) is 0 Å². The molecule has 1 N–H and O–H groups in total. The number of piperidine rings is 1. The molecule has 2 unspecified atom stereocenters. The van der Waals surface area contributed by atoms with Crippen molar-refractivity contribution >= 4 is 23.2 Å². The first-order valence-electron chi connectivity index (χ1n) is 5.90. The molecule has 2 atom stereocenters. The van der Waals surface area contributed by atoms with E-state index in [0.29, 0.717) is 16.0 Å². The summed E-state index contributed by atoms with van der Waals surface area (Å²) in [5.41, 5.74) is 1.14. The van der Waals surface area contributed by atoms with Crippen molar-refractivity contribution in [2.45, 2.75) is 26.0 Å². The lowest BCUT2D eigenvalue weighted by atomic mass is 9.96. The number of benzene rings is 1. The number of hydrogen-bond donors (Lipinski definition) is 1. The van der Waals surface area contributed by atoms with Gasteiger partial charge in [0.05, 0.1) is 16.1 Å². The normalized spacial score (nSPS) is 26.1. The second-order valence-electron chi connectivity index (χ2n) is 4.82. The molecule has 94 valence electrons.